The van der Waals surface area contributed by atoms with Crippen LogP contribution < -0.4 is 20.7 Å². The second-order valence-electron chi connectivity index (χ2n) is 14.0. The molecule has 0 saturated carbocycles. The molecule has 0 radical (unpaired) electrons. The Morgan fingerprint density at radius 1 is 0.818 bits per heavy atom. The summed E-state index contributed by atoms with van der Waals surface area (Å²) < 4.78 is 12.5. The summed E-state index contributed by atoms with van der Waals surface area (Å²) in [6.07, 6.45) is -0.873. The maximum atomic E-state index is 15.8. The number of primary amides is 1. The highest BCUT2D eigenvalue weighted by atomic mass is 16.6. The summed E-state index contributed by atoms with van der Waals surface area (Å²) in [6.45, 7) is 1.47. The summed E-state index contributed by atoms with van der Waals surface area (Å²) in [5.41, 5.74) is 7.85. The second kappa shape index (κ2) is 14.5. The van der Waals surface area contributed by atoms with Crippen LogP contribution in [0.2, 0.25) is 0 Å². The normalized spacial score (nSPS) is 24.8. The number of aliphatic hydroxyl groups is 1. The molecule has 7 atom stereocenters. The number of nitrogens with one attached hydrogen (secondary N) is 1. The summed E-state index contributed by atoms with van der Waals surface area (Å²) in [6, 6.07) is 37.6. The number of fused-ring (bicyclic) bond motifs is 3. The molecule has 5 aromatic rings. The lowest BCUT2D eigenvalue weighted by atomic mass is 9.65. The number of benzene rings is 5. The zero-order chi connectivity index (χ0) is 38.3. The lowest BCUT2D eigenvalue weighted by Crippen LogP contribution is -2.55. The SMILES string of the molecule is C[C@@H](NC(=O)N1C(=O)[C@@]2(c3ccccc31)[C@H](c1ccccc1OCCO)N1[C@H](c3ccccc3)[C@H](c3ccccc3)OC(=O)[C@H]1[C@@H]2C(N)=O)c1ccccc1. The van der Waals surface area contributed by atoms with Gasteiger partial charge in [-0.3, -0.25) is 19.3 Å². The highest BCUT2D eigenvalue weighted by molar-refractivity contribution is 6.24. The van der Waals surface area contributed by atoms with E-state index in [1.165, 1.54) is 0 Å². The van der Waals surface area contributed by atoms with E-state index in [0.717, 1.165) is 16.0 Å². The maximum absolute atomic E-state index is 15.8. The van der Waals surface area contributed by atoms with Crippen molar-refractivity contribution in [2.24, 2.45) is 11.7 Å². The van der Waals surface area contributed by atoms with Crippen molar-refractivity contribution in [3.05, 3.63) is 167 Å². The van der Waals surface area contributed by atoms with E-state index in [1.54, 1.807) is 48.5 Å². The maximum Gasteiger partial charge on any atom is 0.329 e. The summed E-state index contributed by atoms with van der Waals surface area (Å²) in [4.78, 5) is 62.2. The van der Waals surface area contributed by atoms with Gasteiger partial charge < -0.3 is 25.6 Å². The van der Waals surface area contributed by atoms with Gasteiger partial charge in [0.15, 0.2) is 0 Å². The number of rotatable bonds is 9. The number of aliphatic hydroxyl groups excluding tert-OH is 1. The molecule has 0 unspecified atom stereocenters. The topological polar surface area (TPSA) is 152 Å². The van der Waals surface area contributed by atoms with Crippen LogP contribution in [0.15, 0.2) is 140 Å². The van der Waals surface area contributed by atoms with Crippen molar-refractivity contribution in [1.82, 2.24) is 10.2 Å². The van der Waals surface area contributed by atoms with E-state index in [2.05, 4.69) is 5.32 Å². The molecule has 3 aliphatic heterocycles. The van der Waals surface area contributed by atoms with Crippen LogP contribution in [-0.4, -0.2) is 53.1 Å². The number of anilines is 1. The zero-order valence-corrected chi connectivity index (χ0v) is 30.0. The zero-order valence-electron chi connectivity index (χ0n) is 30.0. The van der Waals surface area contributed by atoms with Gasteiger partial charge in [0.2, 0.25) is 11.8 Å². The number of nitrogens with two attached hydrogens (primary N) is 1. The molecular weight excluding hydrogens is 697 g/mol. The number of hydrogen-bond acceptors (Lipinski definition) is 8. The molecule has 2 saturated heterocycles. The molecule has 8 rings (SSSR count). The van der Waals surface area contributed by atoms with Gasteiger partial charge in [-0.15, -0.1) is 0 Å². The fraction of sp³-hybridized carbons (Fsp3) is 0.227. The van der Waals surface area contributed by atoms with Crippen LogP contribution in [0.3, 0.4) is 0 Å². The van der Waals surface area contributed by atoms with Crippen LogP contribution in [0.1, 0.15) is 59.0 Å². The van der Waals surface area contributed by atoms with Gasteiger partial charge in [0, 0.05) is 5.56 Å². The number of hydrogen-bond donors (Lipinski definition) is 3. The van der Waals surface area contributed by atoms with Gasteiger partial charge in [-0.2, -0.15) is 0 Å². The molecular formula is C44H40N4O7. The molecule has 5 aromatic carbocycles. The number of morpholine rings is 1. The second-order valence-corrected chi connectivity index (χ2v) is 14.0. The van der Waals surface area contributed by atoms with Crippen LogP contribution in [0.4, 0.5) is 10.5 Å². The molecule has 0 aromatic heterocycles. The Morgan fingerprint density at radius 2 is 1.42 bits per heavy atom. The van der Waals surface area contributed by atoms with Crippen LogP contribution in [0.5, 0.6) is 5.75 Å². The number of carbonyl (C=O) groups is 4. The minimum atomic E-state index is -1.93. The van der Waals surface area contributed by atoms with Crippen molar-refractivity contribution in [2.45, 2.75) is 42.6 Å². The van der Waals surface area contributed by atoms with Crippen LogP contribution in [0.25, 0.3) is 0 Å². The van der Waals surface area contributed by atoms with Crippen molar-refractivity contribution in [3.8, 4) is 5.75 Å². The molecule has 11 nitrogen and oxygen atoms in total. The predicted octanol–water partition coefficient (Wildman–Crippen LogP) is 5.68. The third-order valence-electron chi connectivity index (χ3n) is 11.1. The van der Waals surface area contributed by atoms with Crippen LogP contribution in [-0.2, 0) is 24.5 Å². The summed E-state index contributed by atoms with van der Waals surface area (Å²) in [7, 11) is 0. The molecule has 4 N–H and O–H groups in total. The molecule has 278 valence electrons. The first-order valence-electron chi connectivity index (χ1n) is 18.3. The molecule has 11 heteroatoms. The molecule has 3 heterocycles. The quantitative estimate of drug-likeness (QED) is 0.164. The largest absolute Gasteiger partial charge is 0.491 e. The average molecular weight is 737 g/mol. The molecule has 3 aliphatic rings. The Morgan fingerprint density at radius 3 is 2.09 bits per heavy atom. The molecule has 0 bridgehead atoms. The highest BCUT2D eigenvalue weighted by Crippen LogP contribution is 2.66. The lowest BCUT2D eigenvalue weighted by molar-refractivity contribution is -0.178. The number of para-hydroxylation sites is 2. The highest BCUT2D eigenvalue weighted by Gasteiger charge is 2.75. The minimum absolute atomic E-state index is 0.0629. The van der Waals surface area contributed by atoms with Gasteiger partial charge in [-0.1, -0.05) is 127 Å². The average Bonchev–Trinajstić information content (AvgIpc) is 3.67. The number of cyclic esters (lactones) is 1. The van der Waals surface area contributed by atoms with Gasteiger partial charge in [-0.25, -0.2) is 9.69 Å². The number of ether oxygens (including phenoxy) is 2. The monoisotopic (exact) mass is 736 g/mol. The number of amides is 4. The Bertz CT molecular complexity index is 2240. The molecule has 1 spiro atoms. The third kappa shape index (κ3) is 5.74. The third-order valence-corrected chi connectivity index (χ3v) is 11.1. The molecule has 55 heavy (non-hydrogen) atoms. The van der Waals surface area contributed by atoms with Crippen molar-refractivity contribution >= 4 is 29.5 Å². The Hall–Kier alpha value is -6.30. The number of imide groups is 1. The first kappa shape index (κ1) is 35.7. The van der Waals surface area contributed by atoms with Crippen LogP contribution in [0, 0.1) is 5.92 Å². The van der Waals surface area contributed by atoms with Gasteiger partial charge in [-0.05, 0) is 41.3 Å². The van der Waals surface area contributed by atoms with E-state index < -0.39 is 65.4 Å². The fourth-order valence-electron chi connectivity index (χ4n) is 8.93. The minimum Gasteiger partial charge on any atom is -0.491 e. The predicted molar refractivity (Wildman–Crippen MR) is 204 cm³/mol. The Balaban J connectivity index is 1.40. The van der Waals surface area contributed by atoms with Crippen molar-refractivity contribution in [1.29, 1.82) is 0 Å². The van der Waals surface area contributed by atoms with Gasteiger partial charge in [0.05, 0.1) is 36.3 Å². The lowest BCUT2D eigenvalue weighted by Gasteiger charge is -2.46. The Kier molecular flexibility index (Phi) is 9.42. The standard InChI is InChI=1S/C44H40N4O7/c1-27(28-15-5-2-6-16-28)46-43(53)47-33-23-13-12-22-32(33)44(42(47)52)35(40(45)50)37-41(51)55-38(30-19-9-4-10-20-30)36(29-17-7-3-8-18-29)48(37)39(44)31-21-11-14-24-34(31)54-26-25-49/h2-24,27,35-39,49H,25-26H2,1H3,(H2,45,50)(H,46,53)/t27-,35-,36-,37-,38+,39+,44-/m1/s1. The number of carbonyl (C=O) groups excluding carboxylic acids is 4. The fourth-order valence-corrected chi connectivity index (χ4v) is 8.93. The summed E-state index contributed by atoms with van der Waals surface area (Å²) >= 11 is 0. The number of urea groups is 1. The summed E-state index contributed by atoms with van der Waals surface area (Å²) in [5.74, 6) is -3.53. The van der Waals surface area contributed by atoms with Gasteiger partial charge in [0.25, 0.3) is 0 Å². The molecule has 0 aliphatic carbocycles. The summed E-state index contributed by atoms with van der Waals surface area (Å²) in [5, 5.41) is 12.8. The van der Waals surface area contributed by atoms with E-state index in [0.29, 0.717) is 22.4 Å². The van der Waals surface area contributed by atoms with E-state index in [1.807, 2.05) is 103 Å². The van der Waals surface area contributed by atoms with Crippen molar-refractivity contribution in [3.63, 3.8) is 0 Å². The van der Waals surface area contributed by atoms with E-state index >= 15 is 4.79 Å². The molecule has 2 fully saturated rings. The van der Waals surface area contributed by atoms with E-state index in [4.69, 9.17) is 15.2 Å². The first-order chi connectivity index (χ1) is 26.8. The molecule has 4 amide bonds. The number of esters is 1. The van der Waals surface area contributed by atoms with Crippen LogP contribution >= 0.6 is 0 Å². The van der Waals surface area contributed by atoms with E-state index in [9.17, 15) is 19.5 Å². The van der Waals surface area contributed by atoms with Crippen molar-refractivity contribution < 1.29 is 33.8 Å². The number of nitrogens with zero attached hydrogens (tertiary/aromatic N) is 2. The Labute approximate surface area is 318 Å². The first-order valence-corrected chi connectivity index (χ1v) is 18.3. The van der Waals surface area contributed by atoms with Gasteiger partial charge >= 0.3 is 12.0 Å². The van der Waals surface area contributed by atoms with Gasteiger partial charge in [0.1, 0.15) is 29.9 Å². The smallest absolute Gasteiger partial charge is 0.329 e. The van der Waals surface area contributed by atoms with E-state index in [-0.39, 0.29) is 18.9 Å². The van der Waals surface area contributed by atoms with Crippen molar-refractivity contribution in [2.75, 3.05) is 18.1 Å².